The number of allylic oxidation sites excluding steroid dienone is 1. The fourth-order valence-corrected chi connectivity index (χ4v) is 3.42. The van der Waals surface area contributed by atoms with Crippen molar-refractivity contribution in [3.8, 4) is 0 Å². The van der Waals surface area contributed by atoms with Gasteiger partial charge in [-0.1, -0.05) is 47.1 Å². The first-order valence-corrected chi connectivity index (χ1v) is 9.14. The topological polar surface area (TPSA) is 142 Å². The van der Waals surface area contributed by atoms with Crippen LogP contribution in [0.4, 0.5) is 11.6 Å². The van der Waals surface area contributed by atoms with Gasteiger partial charge >= 0.3 is 5.97 Å². The zero-order valence-electron chi connectivity index (χ0n) is 16.5. The van der Waals surface area contributed by atoms with Gasteiger partial charge in [0.1, 0.15) is 11.7 Å². The average Bonchev–Trinajstić information content (AvgIpc) is 3.25. The highest BCUT2D eigenvalue weighted by atomic mass is 16.6. The summed E-state index contributed by atoms with van der Waals surface area (Å²) in [4.78, 5) is 37.3. The predicted molar refractivity (Wildman–Crippen MR) is 107 cm³/mol. The Bertz CT molecular complexity index is 1230. The van der Waals surface area contributed by atoms with Crippen LogP contribution in [-0.4, -0.2) is 44.0 Å². The number of nitro groups is 1. The number of aromatic nitrogens is 4. The number of ether oxygens (including phenoxy) is 1. The number of hydrogen-bond acceptors (Lipinski definition) is 9. The number of nitrogens with one attached hydrogen (secondary N) is 1. The van der Waals surface area contributed by atoms with Crippen LogP contribution >= 0.6 is 0 Å². The van der Waals surface area contributed by atoms with Crippen LogP contribution in [0, 0.1) is 17.0 Å². The van der Waals surface area contributed by atoms with E-state index in [9.17, 15) is 19.7 Å². The van der Waals surface area contributed by atoms with Crippen LogP contribution in [0.3, 0.4) is 0 Å². The van der Waals surface area contributed by atoms with Gasteiger partial charge in [-0.15, -0.1) is 0 Å². The van der Waals surface area contributed by atoms with Gasteiger partial charge in [0, 0.05) is 11.6 Å². The van der Waals surface area contributed by atoms with E-state index in [1.807, 2.05) is 6.92 Å². The molecule has 2 aromatic carbocycles. The van der Waals surface area contributed by atoms with Crippen molar-refractivity contribution in [2.75, 3.05) is 12.4 Å². The van der Waals surface area contributed by atoms with Gasteiger partial charge in [-0.05, 0) is 23.4 Å². The molecule has 156 valence electrons. The number of benzene rings is 2. The zero-order valence-corrected chi connectivity index (χ0v) is 16.5. The van der Waals surface area contributed by atoms with Gasteiger partial charge in [-0.25, -0.2) is 4.79 Å². The molecule has 1 aliphatic rings. The molecular weight excluding hydrogens is 404 g/mol. The number of nitrogens with zero attached hydrogens (tertiary/aromatic N) is 5. The Labute approximate surface area is 175 Å². The number of rotatable bonds is 5. The van der Waals surface area contributed by atoms with Crippen molar-refractivity contribution < 1.29 is 19.2 Å². The number of carbonyl (C=O) groups is 2. The lowest BCUT2D eigenvalue weighted by molar-refractivity contribution is -0.385. The Morgan fingerprint density at radius 2 is 1.87 bits per heavy atom. The molecule has 31 heavy (non-hydrogen) atoms. The first kappa shape index (κ1) is 19.9. The van der Waals surface area contributed by atoms with E-state index in [0.29, 0.717) is 5.56 Å². The fourth-order valence-electron chi connectivity index (χ4n) is 3.42. The van der Waals surface area contributed by atoms with Gasteiger partial charge < -0.3 is 10.1 Å². The number of anilines is 1. The molecular formula is C20H16N6O5. The van der Waals surface area contributed by atoms with E-state index in [2.05, 4.69) is 20.8 Å². The number of ketones is 1. The van der Waals surface area contributed by atoms with Gasteiger partial charge in [-0.2, -0.15) is 4.68 Å². The summed E-state index contributed by atoms with van der Waals surface area (Å²) in [6.45, 7) is 1.87. The molecule has 0 bridgehead atoms. The average molecular weight is 420 g/mol. The minimum atomic E-state index is -1.13. The van der Waals surface area contributed by atoms with Crippen molar-refractivity contribution >= 4 is 23.4 Å². The molecule has 0 amide bonds. The first-order valence-electron chi connectivity index (χ1n) is 9.14. The Hall–Kier alpha value is -4.41. The maximum atomic E-state index is 13.6. The number of esters is 1. The molecule has 0 saturated heterocycles. The second kappa shape index (κ2) is 7.78. The number of fused-ring (bicyclic) bond motifs is 1. The molecule has 1 aliphatic heterocycles. The summed E-state index contributed by atoms with van der Waals surface area (Å²) in [7, 11) is 1.17. The normalized spacial score (nSPS) is 15.1. The molecule has 1 aromatic heterocycles. The third kappa shape index (κ3) is 3.41. The SMILES string of the molecule is COC(=O)C1=C(C(=O)c2ccc(C)cc2)[C@H](c2ccccc2[N+](=O)[O-])n2nnnc2N1. The number of para-hydroxylation sites is 1. The summed E-state index contributed by atoms with van der Waals surface area (Å²) in [6.07, 6.45) is 0. The Morgan fingerprint density at radius 3 is 2.55 bits per heavy atom. The lowest BCUT2D eigenvalue weighted by Gasteiger charge is -2.27. The van der Waals surface area contributed by atoms with Crippen molar-refractivity contribution in [1.29, 1.82) is 0 Å². The van der Waals surface area contributed by atoms with Crippen LogP contribution in [0.25, 0.3) is 0 Å². The molecule has 0 unspecified atom stereocenters. The summed E-state index contributed by atoms with van der Waals surface area (Å²) in [6, 6.07) is 11.5. The Balaban J connectivity index is 2.00. The van der Waals surface area contributed by atoms with Crippen molar-refractivity contribution in [3.05, 3.63) is 86.6 Å². The second-order valence-electron chi connectivity index (χ2n) is 6.77. The molecule has 1 atom stereocenters. The summed E-state index contributed by atoms with van der Waals surface area (Å²) in [5.41, 5.74) is 0.902. The summed E-state index contributed by atoms with van der Waals surface area (Å²) < 4.78 is 6.09. The van der Waals surface area contributed by atoms with Gasteiger partial charge in [0.2, 0.25) is 5.95 Å². The van der Waals surface area contributed by atoms with E-state index in [4.69, 9.17) is 4.74 Å². The lowest BCUT2D eigenvalue weighted by Crippen LogP contribution is -2.33. The smallest absolute Gasteiger partial charge is 0.355 e. The Kier molecular flexibility index (Phi) is 4.99. The third-order valence-electron chi connectivity index (χ3n) is 4.89. The van der Waals surface area contributed by atoms with Crippen LogP contribution in [0.15, 0.2) is 59.8 Å². The van der Waals surface area contributed by atoms with Crippen molar-refractivity contribution in [3.63, 3.8) is 0 Å². The molecule has 2 heterocycles. The van der Waals surface area contributed by atoms with Crippen LogP contribution < -0.4 is 5.32 Å². The van der Waals surface area contributed by atoms with Gasteiger partial charge in [0.15, 0.2) is 5.78 Å². The lowest BCUT2D eigenvalue weighted by atomic mass is 9.88. The van der Waals surface area contributed by atoms with E-state index in [1.165, 1.54) is 30.0 Å². The number of methoxy groups -OCH3 is 1. The highest BCUT2D eigenvalue weighted by molar-refractivity contribution is 6.15. The van der Waals surface area contributed by atoms with Crippen LogP contribution in [0.1, 0.15) is 27.5 Å². The van der Waals surface area contributed by atoms with Crippen LogP contribution in [0.2, 0.25) is 0 Å². The van der Waals surface area contributed by atoms with Crippen LogP contribution in [0.5, 0.6) is 0 Å². The molecule has 0 fully saturated rings. The van der Waals surface area contributed by atoms with Gasteiger partial charge in [-0.3, -0.25) is 14.9 Å². The maximum absolute atomic E-state index is 13.6. The fraction of sp³-hybridized carbons (Fsp3) is 0.150. The molecule has 0 aliphatic carbocycles. The number of Topliss-reactive ketones (excluding diaryl/α,β-unsaturated/α-hetero) is 1. The molecule has 11 heteroatoms. The molecule has 0 saturated carbocycles. The van der Waals surface area contributed by atoms with Gasteiger partial charge in [0.25, 0.3) is 5.69 Å². The minimum absolute atomic E-state index is 0.0454. The Morgan fingerprint density at radius 1 is 1.16 bits per heavy atom. The standard InChI is InChI=1S/C20H16N6O5/c1-11-7-9-12(10-8-11)18(27)15-16(19(28)31-2)21-20-22-23-24-25(20)17(15)13-5-3-4-6-14(13)26(29)30/h3-10,17H,1-2H3,(H,21,22,24)/t17-/m0/s1. The summed E-state index contributed by atoms with van der Waals surface area (Å²) in [5.74, 6) is -1.30. The monoisotopic (exact) mass is 420 g/mol. The van der Waals surface area contributed by atoms with Gasteiger partial charge in [0.05, 0.1) is 23.2 Å². The van der Waals surface area contributed by atoms with Crippen molar-refractivity contribution in [2.45, 2.75) is 13.0 Å². The quantitative estimate of drug-likeness (QED) is 0.284. The summed E-state index contributed by atoms with van der Waals surface area (Å²) in [5, 5.41) is 25.8. The van der Waals surface area contributed by atoms with E-state index >= 15 is 0 Å². The predicted octanol–water partition coefficient (Wildman–Crippen LogP) is 2.21. The van der Waals surface area contributed by atoms with E-state index in [0.717, 1.165) is 5.56 Å². The molecule has 3 aromatic rings. The third-order valence-corrected chi connectivity index (χ3v) is 4.89. The van der Waals surface area contributed by atoms with Crippen molar-refractivity contribution in [1.82, 2.24) is 20.2 Å². The molecule has 4 rings (SSSR count). The number of hydrogen-bond donors (Lipinski definition) is 1. The minimum Gasteiger partial charge on any atom is -0.464 e. The number of aryl methyl sites for hydroxylation is 1. The van der Waals surface area contributed by atoms with E-state index in [1.54, 1.807) is 30.3 Å². The zero-order chi connectivity index (χ0) is 22.1. The molecule has 1 N–H and O–H groups in total. The molecule has 0 spiro atoms. The van der Waals surface area contributed by atoms with E-state index in [-0.39, 0.29) is 28.5 Å². The summed E-state index contributed by atoms with van der Waals surface area (Å²) >= 11 is 0. The second-order valence-corrected chi connectivity index (χ2v) is 6.77. The maximum Gasteiger partial charge on any atom is 0.355 e. The number of nitro benzene ring substituents is 1. The largest absolute Gasteiger partial charge is 0.464 e. The first-order chi connectivity index (χ1) is 14.9. The molecule has 0 radical (unpaired) electrons. The highest BCUT2D eigenvalue weighted by Gasteiger charge is 2.41. The highest BCUT2D eigenvalue weighted by Crippen LogP contribution is 2.39. The van der Waals surface area contributed by atoms with Crippen LogP contribution in [-0.2, 0) is 9.53 Å². The van der Waals surface area contributed by atoms with Crippen molar-refractivity contribution in [2.24, 2.45) is 0 Å². The van der Waals surface area contributed by atoms with E-state index < -0.39 is 22.7 Å². The molecule has 11 nitrogen and oxygen atoms in total. The number of carbonyl (C=O) groups excluding carboxylic acids is 2. The number of tetrazole rings is 1.